The van der Waals surface area contributed by atoms with Gasteiger partial charge >= 0.3 is 6.01 Å². The van der Waals surface area contributed by atoms with E-state index in [2.05, 4.69) is 120 Å². The first-order valence-corrected chi connectivity index (χ1v) is 12.7. The Labute approximate surface area is 221 Å². The van der Waals surface area contributed by atoms with Crippen LogP contribution in [0.2, 0.25) is 0 Å². The average molecular weight is 489 g/mol. The van der Waals surface area contributed by atoms with Crippen molar-refractivity contribution in [3.8, 4) is 22.3 Å². The summed E-state index contributed by atoms with van der Waals surface area (Å²) in [7, 11) is 0. The van der Waals surface area contributed by atoms with Gasteiger partial charge in [-0.05, 0) is 58.0 Å². The average Bonchev–Trinajstić information content (AvgIpc) is 3.43. The van der Waals surface area contributed by atoms with Gasteiger partial charge in [0.2, 0.25) is 0 Å². The van der Waals surface area contributed by atoms with Crippen molar-refractivity contribution in [3.05, 3.63) is 146 Å². The van der Waals surface area contributed by atoms with Gasteiger partial charge in [-0.15, -0.1) is 0 Å². The number of anilines is 3. The Morgan fingerprint density at radius 3 is 1.87 bits per heavy atom. The number of hydrogen-bond donors (Lipinski definition) is 0. The highest BCUT2D eigenvalue weighted by molar-refractivity contribution is 6.03. The third-order valence-electron chi connectivity index (χ3n) is 6.90. The third-order valence-corrected chi connectivity index (χ3v) is 6.90. The van der Waals surface area contributed by atoms with Crippen LogP contribution in [-0.4, -0.2) is 4.98 Å². The Morgan fingerprint density at radius 1 is 0.474 bits per heavy atom. The van der Waals surface area contributed by atoms with Crippen molar-refractivity contribution in [2.24, 2.45) is 0 Å². The van der Waals surface area contributed by atoms with Crippen LogP contribution in [0.15, 0.2) is 150 Å². The number of oxazole rings is 1. The van der Waals surface area contributed by atoms with E-state index in [4.69, 9.17) is 9.40 Å². The first-order valence-electron chi connectivity index (χ1n) is 12.7. The molecular weight excluding hydrogens is 464 g/mol. The van der Waals surface area contributed by atoms with Gasteiger partial charge < -0.3 is 4.42 Å². The molecule has 3 nitrogen and oxygen atoms in total. The Hall–Kier alpha value is -5.15. The zero-order valence-electron chi connectivity index (χ0n) is 20.7. The van der Waals surface area contributed by atoms with Crippen LogP contribution in [0, 0.1) is 0 Å². The highest BCUT2D eigenvalue weighted by Gasteiger charge is 2.20. The van der Waals surface area contributed by atoms with Crippen molar-refractivity contribution in [2.45, 2.75) is 0 Å². The normalized spacial score (nSPS) is 11.2. The van der Waals surface area contributed by atoms with Crippen LogP contribution in [0.4, 0.5) is 17.4 Å². The molecule has 0 N–H and O–H groups in total. The molecule has 0 saturated heterocycles. The number of fused-ring (bicyclic) bond motifs is 3. The summed E-state index contributed by atoms with van der Waals surface area (Å²) < 4.78 is 6.53. The number of rotatable bonds is 5. The highest BCUT2D eigenvalue weighted by Crippen LogP contribution is 2.39. The molecule has 0 bridgehead atoms. The molecule has 0 spiro atoms. The molecule has 0 amide bonds. The van der Waals surface area contributed by atoms with Crippen molar-refractivity contribution in [1.82, 2.24) is 4.98 Å². The maximum absolute atomic E-state index is 6.53. The lowest BCUT2D eigenvalue weighted by molar-refractivity contribution is 0.611. The minimum absolute atomic E-state index is 0.536. The summed E-state index contributed by atoms with van der Waals surface area (Å²) in [5.74, 6) is 0. The summed E-state index contributed by atoms with van der Waals surface area (Å²) in [4.78, 5) is 7.05. The zero-order valence-corrected chi connectivity index (χ0v) is 20.7. The molecule has 1 aromatic heterocycles. The lowest BCUT2D eigenvalue weighted by Gasteiger charge is -2.22. The van der Waals surface area contributed by atoms with Crippen molar-refractivity contribution in [3.63, 3.8) is 0 Å². The van der Waals surface area contributed by atoms with Crippen LogP contribution in [0.3, 0.4) is 0 Å². The summed E-state index contributed by atoms with van der Waals surface area (Å²) in [5, 5.41) is 2.19. The quantitative estimate of drug-likeness (QED) is 0.241. The maximum atomic E-state index is 6.53. The molecule has 0 radical (unpaired) electrons. The monoisotopic (exact) mass is 488 g/mol. The molecule has 7 aromatic rings. The molecule has 0 aliphatic carbocycles. The smallest absolute Gasteiger partial charge is 0.307 e. The van der Waals surface area contributed by atoms with Crippen LogP contribution < -0.4 is 4.90 Å². The first-order chi connectivity index (χ1) is 18.8. The van der Waals surface area contributed by atoms with Gasteiger partial charge in [0.25, 0.3) is 0 Å². The van der Waals surface area contributed by atoms with Gasteiger partial charge in [-0.1, -0.05) is 115 Å². The fraction of sp³-hybridized carbons (Fsp3) is 0. The second-order valence-electron chi connectivity index (χ2n) is 9.30. The molecule has 7 rings (SSSR count). The molecule has 0 saturated carbocycles. The SMILES string of the molecule is c1ccc(-c2ccc(N(c3cccc(-c4ccccc4)c3)c3nc4ccc5ccccc5c4o3)cc2)cc1. The van der Waals surface area contributed by atoms with E-state index in [1.54, 1.807) is 0 Å². The van der Waals surface area contributed by atoms with E-state index in [0.717, 1.165) is 49.9 Å². The van der Waals surface area contributed by atoms with E-state index in [1.807, 2.05) is 30.3 Å². The van der Waals surface area contributed by atoms with Gasteiger partial charge in [-0.3, -0.25) is 4.90 Å². The fourth-order valence-corrected chi connectivity index (χ4v) is 5.00. The van der Waals surface area contributed by atoms with Crippen LogP contribution in [0.25, 0.3) is 44.1 Å². The lowest BCUT2D eigenvalue weighted by Crippen LogP contribution is -2.10. The van der Waals surface area contributed by atoms with E-state index in [9.17, 15) is 0 Å². The van der Waals surface area contributed by atoms with Crippen molar-refractivity contribution >= 4 is 39.3 Å². The first kappa shape index (κ1) is 22.1. The van der Waals surface area contributed by atoms with E-state index in [1.165, 1.54) is 5.56 Å². The molecular formula is C35H24N2O. The molecule has 180 valence electrons. The number of hydrogen-bond acceptors (Lipinski definition) is 3. The van der Waals surface area contributed by atoms with Gasteiger partial charge in [-0.25, -0.2) is 0 Å². The van der Waals surface area contributed by atoms with E-state index >= 15 is 0 Å². The summed E-state index contributed by atoms with van der Waals surface area (Å²) >= 11 is 0. The number of nitrogens with zero attached hydrogens (tertiary/aromatic N) is 2. The molecule has 0 aliphatic heterocycles. The van der Waals surface area contributed by atoms with Crippen molar-refractivity contribution in [1.29, 1.82) is 0 Å². The minimum atomic E-state index is 0.536. The molecule has 6 aromatic carbocycles. The van der Waals surface area contributed by atoms with Crippen LogP contribution in [0.5, 0.6) is 0 Å². The Bertz CT molecular complexity index is 1860. The van der Waals surface area contributed by atoms with Gasteiger partial charge in [0, 0.05) is 5.39 Å². The molecule has 38 heavy (non-hydrogen) atoms. The number of aromatic nitrogens is 1. The molecule has 3 heteroatoms. The maximum Gasteiger partial charge on any atom is 0.307 e. The summed E-state index contributed by atoms with van der Waals surface area (Å²) in [5.41, 5.74) is 8.24. The number of benzene rings is 6. The molecule has 0 unspecified atom stereocenters. The molecule has 1 heterocycles. The Balaban J connectivity index is 1.39. The largest absolute Gasteiger partial charge is 0.422 e. The molecule has 0 fully saturated rings. The lowest BCUT2D eigenvalue weighted by atomic mass is 10.0. The van der Waals surface area contributed by atoms with Crippen LogP contribution >= 0.6 is 0 Å². The van der Waals surface area contributed by atoms with Gasteiger partial charge in [0.1, 0.15) is 5.52 Å². The van der Waals surface area contributed by atoms with Gasteiger partial charge in [-0.2, -0.15) is 4.98 Å². The second-order valence-corrected chi connectivity index (χ2v) is 9.30. The predicted molar refractivity (Wildman–Crippen MR) is 157 cm³/mol. The van der Waals surface area contributed by atoms with Gasteiger partial charge in [0.05, 0.1) is 11.4 Å². The van der Waals surface area contributed by atoms with E-state index in [0.29, 0.717) is 6.01 Å². The standard InChI is InChI=1S/C35H24N2O/c1-3-10-25(11-4-1)27-18-21-30(22-19-27)37(31-16-9-15-29(24-31)26-12-5-2-6-13-26)35-36-33-23-20-28-14-7-8-17-32(28)34(33)38-35/h1-24H. The topological polar surface area (TPSA) is 29.3 Å². The Kier molecular flexibility index (Phi) is 5.45. The van der Waals surface area contributed by atoms with E-state index < -0.39 is 0 Å². The van der Waals surface area contributed by atoms with Crippen LogP contribution in [-0.2, 0) is 0 Å². The summed E-state index contributed by atoms with van der Waals surface area (Å²) in [6.07, 6.45) is 0. The zero-order chi connectivity index (χ0) is 25.3. The second kappa shape index (κ2) is 9.38. The highest BCUT2D eigenvalue weighted by atomic mass is 16.4. The Morgan fingerprint density at radius 2 is 1.11 bits per heavy atom. The summed E-state index contributed by atoms with van der Waals surface area (Å²) in [6.45, 7) is 0. The van der Waals surface area contributed by atoms with Crippen LogP contribution in [0.1, 0.15) is 0 Å². The summed E-state index contributed by atoms with van der Waals surface area (Å²) in [6, 6.07) is 50.8. The molecule has 0 aliphatic rings. The minimum Gasteiger partial charge on any atom is -0.422 e. The van der Waals surface area contributed by atoms with Crippen molar-refractivity contribution in [2.75, 3.05) is 4.90 Å². The van der Waals surface area contributed by atoms with Crippen molar-refractivity contribution < 1.29 is 4.42 Å². The van der Waals surface area contributed by atoms with Gasteiger partial charge in [0.15, 0.2) is 5.58 Å². The fourth-order valence-electron chi connectivity index (χ4n) is 5.00. The van der Waals surface area contributed by atoms with E-state index in [-0.39, 0.29) is 0 Å². The predicted octanol–water partition coefficient (Wildman–Crippen LogP) is 9.78. The molecule has 0 atom stereocenters. The third kappa shape index (κ3) is 4.00.